The molecule has 0 unspecified atom stereocenters. The van der Waals surface area contributed by atoms with Crippen LogP contribution in [0.3, 0.4) is 0 Å². The molecule has 0 bridgehead atoms. The first-order chi connectivity index (χ1) is 11.9. The highest BCUT2D eigenvalue weighted by atomic mass is 16.3. The second-order valence-corrected chi connectivity index (χ2v) is 8.66. The molecule has 3 rings (SSSR count). The standard InChI is InChI=1S/C22H32O3/c1-14(13-23)19-8-9-20-16(5-4-10-22(19,20)3)6-7-17-11-18(24)12-21(25)15(17)2/h6-7,13-14,18-21,24-25H,2,4-5,8-12H2,1,3H3/b16-6+,17-7-/t14-,18-,19-,20+,21+,22-/m1/s1. The van der Waals surface area contributed by atoms with Gasteiger partial charge in [-0.25, -0.2) is 0 Å². The van der Waals surface area contributed by atoms with Gasteiger partial charge >= 0.3 is 0 Å². The summed E-state index contributed by atoms with van der Waals surface area (Å²) in [4.78, 5) is 11.3. The Bertz CT molecular complexity index is 602. The van der Waals surface area contributed by atoms with E-state index in [-0.39, 0.29) is 11.3 Å². The smallest absolute Gasteiger partial charge is 0.123 e. The molecule has 3 nitrogen and oxygen atoms in total. The minimum atomic E-state index is -0.630. The molecule has 3 aliphatic carbocycles. The fourth-order valence-electron chi connectivity index (χ4n) is 5.70. The third kappa shape index (κ3) is 3.41. The van der Waals surface area contributed by atoms with Crippen molar-refractivity contribution in [2.45, 2.75) is 71.0 Å². The maximum Gasteiger partial charge on any atom is 0.123 e. The van der Waals surface area contributed by atoms with Gasteiger partial charge in [0.2, 0.25) is 0 Å². The van der Waals surface area contributed by atoms with E-state index in [1.807, 2.05) is 0 Å². The average Bonchev–Trinajstić information content (AvgIpc) is 2.93. The predicted molar refractivity (Wildman–Crippen MR) is 100.0 cm³/mol. The summed E-state index contributed by atoms with van der Waals surface area (Å²) < 4.78 is 0. The first-order valence-corrected chi connectivity index (χ1v) is 9.77. The second-order valence-electron chi connectivity index (χ2n) is 8.66. The Morgan fingerprint density at radius 1 is 1.28 bits per heavy atom. The van der Waals surface area contributed by atoms with Crippen LogP contribution in [0.1, 0.15) is 58.8 Å². The van der Waals surface area contributed by atoms with Crippen LogP contribution in [0, 0.1) is 23.2 Å². The number of fused-ring (bicyclic) bond motifs is 1. The van der Waals surface area contributed by atoms with Crippen LogP contribution in [-0.2, 0) is 4.79 Å². The SMILES string of the molecule is C=C1/C(=C\C=C2/CCC[C@]3(C)[C@@H]([C@H](C)C=O)CC[C@@H]23)C[C@@H](O)C[C@@H]1O. The van der Waals surface area contributed by atoms with Crippen molar-refractivity contribution >= 4 is 6.29 Å². The zero-order chi connectivity index (χ0) is 18.2. The minimum Gasteiger partial charge on any atom is -0.393 e. The molecule has 138 valence electrons. The number of rotatable bonds is 3. The third-order valence-electron chi connectivity index (χ3n) is 7.15. The lowest BCUT2D eigenvalue weighted by Gasteiger charge is -2.43. The Labute approximate surface area is 151 Å². The summed E-state index contributed by atoms with van der Waals surface area (Å²) in [6.45, 7) is 8.45. The molecule has 0 saturated heterocycles. The second kappa shape index (κ2) is 7.20. The van der Waals surface area contributed by atoms with Gasteiger partial charge in [0.1, 0.15) is 6.29 Å². The number of aliphatic hydroxyl groups excluding tert-OH is 2. The Balaban J connectivity index is 1.83. The molecule has 25 heavy (non-hydrogen) atoms. The van der Waals surface area contributed by atoms with Crippen LogP contribution in [0.5, 0.6) is 0 Å². The molecular formula is C22H32O3. The van der Waals surface area contributed by atoms with Crippen LogP contribution >= 0.6 is 0 Å². The first-order valence-electron chi connectivity index (χ1n) is 9.77. The van der Waals surface area contributed by atoms with Crippen molar-refractivity contribution in [1.82, 2.24) is 0 Å². The molecule has 0 spiro atoms. The summed E-state index contributed by atoms with van der Waals surface area (Å²) in [5, 5.41) is 19.9. The van der Waals surface area contributed by atoms with Gasteiger partial charge in [0.25, 0.3) is 0 Å². The number of carbonyl (C=O) groups is 1. The zero-order valence-electron chi connectivity index (χ0n) is 15.6. The van der Waals surface area contributed by atoms with E-state index in [9.17, 15) is 15.0 Å². The Kier molecular flexibility index (Phi) is 5.36. The highest BCUT2D eigenvalue weighted by Gasteiger charge is 2.50. The number of carbonyl (C=O) groups excluding carboxylic acids is 1. The normalized spacial score (nSPS) is 43.3. The lowest BCUT2D eigenvalue weighted by molar-refractivity contribution is -0.113. The molecule has 0 aromatic heterocycles. The number of hydrogen-bond donors (Lipinski definition) is 2. The van der Waals surface area contributed by atoms with E-state index >= 15 is 0 Å². The van der Waals surface area contributed by atoms with Gasteiger partial charge < -0.3 is 15.0 Å². The largest absolute Gasteiger partial charge is 0.393 e. The summed E-state index contributed by atoms with van der Waals surface area (Å²) in [6.07, 6.45) is 11.1. The minimum absolute atomic E-state index is 0.135. The van der Waals surface area contributed by atoms with Crippen molar-refractivity contribution < 1.29 is 15.0 Å². The van der Waals surface area contributed by atoms with E-state index in [4.69, 9.17) is 0 Å². The molecular weight excluding hydrogens is 312 g/mol. The number of aliphatic hydroxyl groups is 2. The monoisotopic (exact) mass is 344 g/mol. The van der Waals surface area contributed by atoms with Crippen LogP contribution in [0.15, 0.2) is 35.5 Å². The van der Waals surface area contributed by atoms with E-state index < -0.39 is 12.2 Å². The zero-order valence-corrected chi connectivity index (χ0v) is 15.6. The van der Waals surface area contributed by atoms with Gasteiger partial charge in [-0.05, 0) is 66.9 Å². The Hall–Kier alpha value is -1.19. The summed E-state index contributed by atoms with van der Waals surface area (Å²) in [7, 11) is 0. The quantitative estimate of drug-likeness (QED) is 0.762. The van der Waals surface area contributed by atoms with E-state index in [2.05, 4.69) is 32.6 Å². The Morgan fingerprint density at radius 2 is 2.04 bits per heavy atom. The number of allylic oxidation sites excluding steroid dienone is 3. The molecule has 0 amide bonds. The Morgan fingerprint density at radius 3 is 2.76 bits per heavy atom. The van der Waals surface area contributed by atoms with E-state index in [1.165, 1.54) is 24.8 Å². The van der Waals surface area contributed by atoms with E-state index in [1.54, 1.807) is 0 Å². The van der Waals surface area contributed by atoms with Gasteiger partial charge in [-0.1, -0.05) is 38.2 Å². The fourth-order valence-corrected chi connectivity index (χ4v) is 5.70. The third-order valence-corrected chi connectivity index (χ3v) is 7.15. The topological polar surface area (TPSA) is 57.5 Å². The van der Waals surface area contributed by atoms with Crippen molar-refractivity contribution in [3.63, 3.8) is 0 Å². The molecule has 3 fully saturated rings. The molecule has 3 aliphatic rings. The van der Waals surface area contributed by atoms with E-state index in [0.29, 0.717) is 24.7 Å². The van der Waals surface area contributed by atoms with Crippen molar-refractivity contribution in [1.29, 1.82) is 0 Å². The molecule has 0 aromatic carbocycles. The maximum absolute atomic E-state index is 11.3. The van der Waals surface area contributed by atoms with Crippen molar-refractivity contribution in [2.75, 3.05) is 0 Å². The summed E-state index contributed by atoms with van der Waals surface area (Å²) in [5.74, 6) is 1.17. The lowest BCUT2D eigenvalue weighted by Crippen LogP contribution is -2.36. The highest BCUT2D eigenvalue weighted by molar-refractivity contribution is 5.54. The van der Waals surface area contributed by atoms with Gasteiger partial charge in [-0.2, -0.15) is 0 Å². The molecule has 6 atom stereocenters. The van der Waals surface area contributed by atoms with Gasteiger partial charge in [0, 0.05) is 12.3 Å². The summed E-state index contributed by atoms with van der Waals surface area (Å²) in [6, 6.07) is 0. The van der Waals surface area contributed by atoms with Crippen molar-refractivity contribution in [2.24, 2.45) is 23.2 Å². The molecule has 0 heterocycles. The van der Waals surface area contributed by atoms with Crippen LogP contribution < -0.4 is 0 Å². The summed E-state index contributed by atoms with van der Waals surface area (Å²) in [5.41, 5.74) is 3.43. The first kappa shape index (κ1) is 18.6. The molecule has 0 aliphatic heterocycles. The molecule has 0 aromatic rings. The van der Waals surface area contributed by atoms with Crippen molar-refractivity contribution in [3.8, 4) is 0 Å². The van der Waals surface area contributed by atoms with Crippen LogP contribution in [0.4, 0.5) is 0 Å². The van der Waals surface area contributed by atoms with Gasteiger partial charge in [0.05, 0.1) is 12.2 Å². The van der Waals surface area contributed by atoms with Gasteiger partial charge in [0.15, 0.2) is 0 Å². The lowest BCUT2D eigenvalue weighted by atomic mass is 9.61. The molecule has 3 heteroatoms. The molecule has 0 radical (unpaired) electrons. The van der Waals surface area contributed by atoms with Crippen LogP contribution in [-0.4, -0.2) is 28.7 Å². The molecule has 3 saturated carbocycles. The van der Waals surface area contributed by atoms with Crippen LogP contribution in [0.25, 0.3) is 0 Å². The maximum atomic E-state index is 11.3. The highest BCUT2D eigenvalue weighted by Crippen LogP contribution is 2.59. The van der Waals surface area contributed by atoms with E-state index in [0.717, 1.165) is 30.3 Å². The fraction of sp³-hybridized carbons (Fsp3) is 0.682. The van der Waals surface area contributed by atoms with Crippen LogP contribution in [0.2, 0.25) is 0 Å². The predicted octanol–water partition coefficient (Wildman–Crippen LogP) is 3.96. The average molecular weight is 344 g/mol. The summed E-state index contributed by atoms with van der Waals surface area (Å²) >= 11 is 0. The van der Waals surface area contributed by atoms with Gasteiger partial charge in [-0.3, -0.25) is 0 Å². The molecule has 2 N–H and O–H groups in total. The van der Waals surface area contributed by atoms with Gasteiger partial charge in [-0.15, -0.1) is 0 Å². The number of hydrogen-bond acceptors (Lipinski definition) is 3. The van der Waals surface area contributed by atoms with Crippen molar-refractivity contribution in [3.05, 3.63) is 35.5 Å². The number of aldehydes is 1.